The Morgan fingerprint density at radius 2 is 2.07 bits per heavy atom. The molecule has 0 spiro atoms. The molecule has 1 aromatic rings. The predicted octanol–water partition coefficient (Wildman–Crippen LogP) is 3.61. The molecule has 0 saturated heterocycles. The quantitative estimate of drug-likeness (QED) is 0.726. The first-order chi connectivity index (χ1) is 7.15. The Morgan fingerprint density at radius 1 is 1.33 bits per heavy atom. The fourth-order valence-corrected chi connectivity index (χ4v) is 1.67. The van der Waals surface area contributed by atoms with Gasteiger partial charge in [-0.25, -0.2) is 0 Å². The van der Waals surface area contributed by atoms with Crippen LogP contribution in [0.5, 0.6) is 5.75 Å². The third kappa shape index (κ3) is 3.32. The van der Waals surface area contributed by atoms with Crippen molar-refractivity contribution in [2.75, 3.05) is 0 Å². The van der Waals surface area contributed by atoms with Crippen molar-refractivity contribution in [3.8, 4) is 17.6 Å². The van der Waals surface area contributed by atoms with Crippen molar-refractivity contribution in [3.63, 3.8) is 0 Å². The topological polar surface area (TPSA) is 20.2 Å². The SMILES string of the molecule is CCC#CCC(C)c1ccc(O)cc1C. The highest BCUT2D eigenvalue weighted by Crippen LogP contribution is 2.25. The highest BCUT2D eigenvalue weighted by Gasteiger charge is 2.07. The molecule has 0 amide bonds. The van der Waals surface area contributed by atoms with Crippen LogP contribution in [0.25, 0.3) is 0 Å². The lowest BCUT2D eigenvalue weighted by atomic mass is 9.94. The van der Waals surface area contributed by atoms with Gasteiger partial charge < -0.3 is 5.11 Å². The molecule has 1 unspecified atom stereocenters. The summed E-state index contributed by atoms with van der Waals surface area (Å²) >= 11 is 0. The Labute approximate surface area is 92.1 Å². The summed E-state index contributed by atoms with van der Waals surface area (Å²) in [6.45, 7) is 6.26. The van der Waals surface area contributed by atoms with E-state index in [4.69, 9.17) is 0 Å². The zero-order valence-electron chi connectivity index (χ0n) is 9.67. The van der Waals surface area contributed by atoms with E-state index in [1.807, 2.05) is 13.0 Å². The van der Waals surface area contributed by atoms with E-state index >= 15 is 0 Å². The number of aromatic hydroxyl groups is 1. The summed E-state index contributed by atoms with van der Waals surface area (Å²) in [6.07, 6.45) is 1.81. The van der Waals surface area contributed by atoms with Crippen LogP contribution in [0.15, 0.2) is 18.2 Å². The van der Waals surface area contributed by atoms with Gasteiger partial charge in [-0.3, -0.25) is 0 Å². The third-order valence-corrected chi connectivity index (χ3v) is 2.49. The van der Waals surface area contributed by atoms with E-state index in [2.05, 4.69) is 25.7 Å². The van der Waals surface area contributed by atoms with Gasteiger partial charge in [0.15, 0.2) is 0 Å². The number of aryl methyl sites for hydroxylation is 1. The zero-order valence-corrected chi connectivity index (χ0v) is 9.67. The molecule has 0 aliphatic heterocycles. The summed E-state index contributed by atoms with van der Waals surface area (Å²) in [5.41, 5.74) is 2.42. The number of phenols is 1. The van der Waals surface area contributed by atoms with E-state index in [0.29, 0.717) is 11.7 Å². The fourth-order valence-electron chi connectivity index (χ4n) is 1.67. The molecular weight excluding hydrogens is 184 g/mol. The van der Waals surface area contributed by atoms with Crippen molar-refractivity contribution in [2.24, 2.45) is 0 Å². The smallest absolute Gasteiger partial charge is 0.115 e. The molecule has 0 radical (unpaired) electrons. The van der Waals surface area contributed by atoms with Crippen molar-refractivity contribution >= 4 is 0 Å². The van der Waals surface area contributed by atoms with E-state index in [9.17, 15) is 5.11 Å². The highest BCUT2D eigenvalue weighted by atomic mass is 16.3. The van der Waals surface area contributed by atoms with Crippen molar-refractivity contribution in [1.82, 2.24) is 0 Å². The van der Waals surface area contributed by atoms with Gasteiger partial charge in [-0.2, -0.15) is 0 Å². The molecule has 1 aromatic carbocycles. The maximum Gasteiger partial charge on any atom is 0.115 e. The third-order valence-electron chi connectivity index (χ3n) is 2.49. The number of benzene rings is 1. The van der Waals surface area contributed by atoms with E-state index < -0.39 is 0 Å². The summed E-state index contributed by atoms with van der Waals surface area (Å²) in [4.78, 5) is 0. The van der Waals surface area contributed by atoms with Crippen LogP contribution in [0, 0.1) is 18.8 Å². The van der Waals surface area contributed by atoms with Crippen molar-refractivity contribution in [3.05, 3.63) is 29.3 Å². The second kappa shape index (κ2) is 5.46. The molecule has 1 heteroatoms. The first-order valence-electron chi connectivity index (χ1n) is 5.40. The zero-order chi connectivity index (χ0) is 11.3. The Hall–Kier alpha value is -1.42. The van der Waals surface area contributed by atoms with Crippen LogP contribution in [-0.2, 0) is 0 Å². The molecular formula is C14H18O. The minimum atomic E-state index is 0.336. The predicted molar refractivity (Wildman–Crippen MR) is 63.9 cm³/mol. The summed E-state index contributed by atoms with van der Waals surface area (Å²) in [7, 11) is 0. The molecule has 15 heavy (non-hydrogen) atoms. The number of hydrogen-bond donors (Lipinski definition) is 1. The average molecular weight is 202 g/mol. The summed E-state index contributed by atoms with van der Waals surface area (Å²) in [6, 6.07) is 5.54. The molecule has 1 nitrogen and oxygen atoms in total. The number of rotatable bonds is 2. The second-order valence-electron chi connectivity index (χ2n) is 3.85. The van der Waals surface area contributed by atoms with Crippen LogP contribution >= 0.6 is 0 Å². The summed E-state index contributed by atoms with van der Waals surface area (Å²) in [5.74, 6) is 7.01. The molecule has 0 fully saturated rings. The molecule has 0 aromatic heterocycles. The minimum Gasteiger partial charge on any atom is -0.508 e. The Morgan fingerprint density at radius 3 is 2.67 bits per heavy atom. The van der Waals surface area contributed by atoms with Crippen molar-refractivity contribution < 1.29 is 5.11 Å². The molecule has 0 bridgehead atoms. The monoisotopic (exact) mass is 202 g/mol. The first kappa shape index (κ1) is 11.7. The van der Waals surface area contributed by atoms with Gasteiger partial charge in [0.05, 0.1) is 0 Å². The highest BCUT2D eigenvalue weighted by molar-refractivity contribution is 5.36. The summed E-state index contributed by atoms with van der Waals surface area (Å²) < 4.78 is 0. The van der Waals surface area contributed by atoms with E-state index in [1.165, 1.54) is 5.56 Å². The van der Waals surface area contributed by atoms with Gasteiger partial charge in [0, 0.05) is 12.8 Å². The Bertz CT molecular complexity index is 382. The Balaban J connectivity index is 2.77. The van der Waals surface area contributed by atoms with Crippen LogP contribution in [0.2, 0.25) is 0 Å². The van der Waals surface area contributed by atoms with Crippen LogP contribution in [0.4, 0.5) is 0 Å². The van der Waals surface area contributed by atoms with Gasteiger partial charge in [-0.1, -0.05) is 19.9 Å². The standard InChI is InChI=1S/C14H18O/c1-4-5-6-7-11(2)14-9-8-13(15)10-12(14)3/h8-11,15H,4,7H2,1-3H3. The van der Waals surface area contributed by atoms with Gasteiger partial charge in [-0.05, 0) is 36.1 Å². The molecule has 80 valence electrons. The van der Waals surface area contributed by atoms with Crippen LogP contribution < -0.4 is 0 Å². The maximum atomic E-state index is 9.31. The lowest BCUT2D eigenvalue weighted by Crippen LogP contribution is -1.95. The molecule has 1 atom stereocenters. The molecule has 0 heterocycles. The van der Waals surface area contributed by atoms with E-state index in [0.717, 1.165) is 18.4 Å². The van der Waals surface area contributed by atoms with E-state index in [1.54, 1.807) is 12.1 Å². The molecule has 1 N–H and O–H groups in total. The van der Waals surface area contributed by atoms with Crippen molar-refractivity contribution in [1.29, 1.82) is 0 Å². The fraction of sp³-hybridized carbons (Fsp3) is 0.429. The largest absolute Gasteiger partial charge is 0.508 e. The molecule has 0 aliphatic rings. The minimum absolute atomic E-state index is 0.336. The normalized spacial score (nSPS) is 11.7. The van der Waals surface area contributed by atoms with Gasteiger partial charge in [0.1, 0.15) is 5.75 Å². The lowest BCUT2D eigenvalue weighted by molar-refractivity contribution is 0.474. The maximum absolute atomic E-state index is 9.31. The molecule has 0 aliphatic carbocycles. The van der Waals surface area contributed by atoms with Gasteiger partial charge in [0.25, 0.3) is 0 Å². The van der Waals surface area contributed by atoms with Crippen LogP contribution in [-0.4, -0.2) is 5.11 Å². The number of hydrogen-bond acceptors (Lipinski definition) is 1. The molecule has 0 saturated carbocycles. The lowest BCUT2D eigenvalue weighted by Gasteiger charge is -2.11. The van der Waals surface area contributed by atoms with Gasteiger partial charge in [0.2, 0.25) is 0 Å². The van der Waals surface area contributed by atoms with Crippen molar-refractivity contribution in [2.45, 2.75) is 39.5 Å². The van der Waals surface area contributed by atoms with Crippen LogP contribution in [0.3, 0.4) is 0 Å². The van der Waals surface area contributed by atoms with E-state index in [-0.39, 0.29) is 0 Å². The van der Waals surface area contributed by atoms with Gasteiger partial charge >= 0.3 is 0 Å². The average Bonchev–Trinajstić information content (AvgIpc) is 2.17. The summed E-state index contributed by atoms with van der Waals surface area (Å²) in [5, 5.41) is 9.31. The second-order valence-corrected chi connectivity index (χ2v) is 3.85. The Kier molecular flexibility index (Phi) is 4.24. The first-order valence-corrected chi connectivity index (χ1v) is 5.40. The van der Waals surface area contributed by atoms with Crippen LogP contribution in [0.1, 0.15) is 43.7 Å². The van der Waals surface area contributed by atoms with Gasteiger partial charge in [-0.15, -0.1) is 11.8 Å². The number of phenolic OH excluding ortho intramolecular Hbond substituents is 1. The molecule has 1 rings (SSSR count).